The maximum absolute atomic E-state index is 5.50. The van der Waals surface area contributed by atoms with Crippen LogP contribution in [0.3, 0.4) is 0 Å². The maximum Gasteiger partial charge on any atom is 0.107 e. The first-order valence-corrected chi connectivity index (χ1v) is 8.61. The molecule has 13 heavy (non-hydrogen) atoms. The standard InChI is InChI=1S/C10H19BrOSi/c1-10(2,13(3)4)9-12-8-6-5-7-11/h13H,7-9H2,1-4H3. The Labute approximate surface area is 92.0 Å². The SMILES string of the molecule is C[SiH](C)C(C)(C)COCC#CCBr. The third-order valence-corrected chi connectivity index (χ3v) is 5.98. The van der Waals surface area contributed by atoms with E-state index < -0.39 is 8.80 Å². The van der Waals surface area contributed by atoms with Crippen molar-refractivity contribution in [2.24, 2.45) is 0 Å². The number of hydrogen-bond acceptors (Lipinski definition) is 1. The first-order chi connectivity index (χ1) is 6.00. The van der Waals surface area contributed by atoms with Crippen LogP contribution in [0.1, 0.15) is 13.8 Å². The van der Waals surface area contributed by atoms with Gasteiger partial charge in [0.05, 0.1) is 11.9 Å². The molecule has 0 bridgehead atoms. The third-order valence-electron chi connectivity index (χ3n) is 2.40. The van der Waals surface area contributed by atoms with Gasteiger partial charge in [-0.2, -0.15) is 0 Å². The zero-order chi connectivity index (χ0) is 10.3. The van der Waals surface area contributed by atoms with Crippen LogP contribution in [-0.2, 0) is 4.74 Å². The summed E-state index contributed by atoms with van der Waals surface area (Å²) in [6.07, 6.45) is 0. The average molecular weight is 263 g/mol. The summed E-state index contributed by atoms with van der Waals surface area (Å²) in [7, 11) is -0.621. The van der Waals surface area contributed by atoms with Crippen LogP contribution < -0.4 is 0 Å². The van der Waals surface area contributed by atoms with Gasteiger partial charge in [0, 0.05) is 8.80 Å². The van der Waals surface area contributed by atoms with Crippen molar-refractivity contribution in [2.75, 3.05) is 18.5 Å². The summed E-state index contributed by atoms with van der Waals surface area (Å²) in [5.41, 5.74) is 0. The molecule has 0 amide bonds. The smallest absolute Gasteiger partial charge is 0.107 e. The summed E-state index contributed by atoms with van der Waals surface area (Å²) in [5.74, 6) is 5.86. The van der Waals surface area contributed by atoms with E-state index in [0.717, 1.165) is 11.9 Å². The highest BCUT2D eigenvalue weighted by molar-refractivity contribution is 9.09. The van der Waals surface area contributed by atoms with E-state index in [1.54, 1.807) is 0 Å². The zero-order valence-corrected chi connectivity index (χ0v) is 11.7. The molecule has 0 atom stereocenters. The Bertz CT molecular complexity index is 191. The molecule has 76 valence electrons. The third kappa shape index (κ3) is 6.31. The van der Waals surface area contributed by atoms with E-state index in [1.165, 1.54) is 0 Å². The van der Waals surface area contributed by atoms with Gasteiger partial charge in [-0.3, -0.25) is 0 Å². The van der Waals surface area contributed by atoms with Gasteiger partial charge in [-0.05, 0) is 5.04 Å². The van der Waals surface area contributed by atoms with Gasteiger partial charge in [0.2, 0.25) is 0 Å². The first-order valence-electron chi connectivity index (χ1n) is 4.60. The lowest BCUT2D eigenvalue weighted by atomic mass is 10.2. The quantitative estimate of drug-likeness (QED) is 0.328. The first kappa shape index (κ1) is 13.2. The summed E-state index contributed by atoms with van der Waals surface area (Å²) in [6.45, 7) is 10.7. The predicted molar refractivity (Wildman–Crippen MR) is 65.3 cm³/mol. The van der Waals surface area contributed by atoms with Gasteiger partial charge >= 0.3 is 0 Å². The van der Waals surface area contributed by atoms with Crippen LogP contribution in [0, 0.1) is 11.8 Å². The normalized spacial score (nSPS) is 11.2. The Morgan fingerprint density at radius 2 is 1.92 bits per heavy atom. The van der Waals surface area contributed by atoms with E-state index in [4.69, 9.17) is 4.74 Å². The van der Waals surface area contributed by atoms with Gasteiger partial charge in [0.15, 0.2) is 0 Å². The minimum Gasteiger partial charge on any atom is -0.369 e. The lowest BCUT2D eigenvalue weighted by Crippen LogP contribution is -2.26. The highest BCUT2D eigenvalue weighted by Gasteiger charge is 2.23. The van der Waals surface area contributed by atoms with Crippen molar-refractivity contribution >= 4 is 24.7 Å². The molecular weight excluding hydrogens is 244 g/mol. The van der Waals surface area contributed by atoms with Crippen molar-refractivity contribution in [2.45, 2.75) is 32.0 Å². The van der Waals surface area contributed by atoms with Gasteiger partial charge in [-0.1, -0.05) is 54.7 Å². The average Bonchev–Trinajstić information content (AvgIpc) is 2.03. The molecule has 0 aromatic carbocycles. The van der Waals surface area contributed by atoms with Crippen LogP contribution in [0.15, 0.2) is 0 Å². The molecule has 0 radical (unpaired) electrons. The molecule has 0 heterocycles. The van der Waals surface area contributed by atoms with E-state index in [1.807, 2.05) is 0 Å². The fraction of sp³-hybridized carbons (Fsp3) is 0.800. The van der Waals surface area contributed by atoms with Gasteiger partial charge < -0.3 is 4.74 Å². The summed E-state index contributed by atoms with van der Waals surface area (Å²) in [5, 5.41) is 1.12. The second-order valence-corrected chi connectivity index (χ2v) is 8.56. The maximum atomic E-state index is 5.50. The van der Waals surface area contributed by atoms with E-state index in [0.29, 0.717) is 11.6 Å². The van der Waals surface area contributed by atoms with Crippen LogP contribution in [0.5, 0.6) is 0 Å². The molecule has 0 aliphatic carbocycles. The molecule has 0 aliphatic heterocycles. The van der Waals surface area contributed by atoms with Gasteiger partial charge in [0.25, 0.3) is 0 Å². The molecule has 0 N–H and O–H groups in total. The number of ether oxygens (including phenoxy) is 1. The highest BCUT2D eigenvalue weighted by Crippen LogP contribution is 2.27. The molecule has 0 rings (SSSR count). The molecule has 0 fully saturated rings. The molecule has 1 nitrogen and oxygen atoms in total. The zero-order valence-electron chi connectivity index (χ0n) is 8.98. The minimum absolute atomic E-state index is 0.385. The second-order valence-electron chi connectivity index (χ2n) is 4.12. The number of hydrogen-bond donors (Lipinski definition) is 0. The molecule has 0 spiro atoms. The topological polar surface area (TPSA) is 9.23 Å². The number of alkyl halides is 1. The summed E-state index contributed by atoms with van der Waals surface area (Å²) in [4.78, 5) is 0. The summed E-state index contributed by atoms with van der Waals surface area (Å²) in [6, 6.07) is 0. The van der Waals surface area contributed by atoms with Crippen molar-refractivity contribution in [1.82, 2.24) is 0 Å². The van der Waals surface area contributed by atoms with E-state index in [2.05, 4.69) is 54.7 Å². The molecular formula is C10H19BrOSi. The Hall–Kier alpha value is 0.217. The number of rotatable bonds is 4. The molecule has 0 saturated heterocycles. The Kier molecular flexibility index (Phi) is 6.75. The summed E-state index contributed by atoms with van der Waals surface area (Å²) < 4.78 is 5.50. The number of halogens is 1. The van der Waals surface area contributed by atoms with Crippen LogP contribution in [-0.4, -0.2) is 27.3 Å². The van der Waals surface area contributed by atoms with E-state index >= 15 is 0 Å². The molecule has 0 unspecified atom stereocenters. The minimum atomic E-state index is -0.621. The highest BCUT2D eigenvalue weighted by atomic mass is 79.9. The Morgan fingerprint density at radius 3 is 2.38 bits per heavy atom. The lowest BCUT2D eigenvalue weighted by Gasteiger charge is -2.27. The molecule has 0 aromatic heterocycles. The van der Waals surface area contributed by atoms with Gasteiger partial charge in [0.1, 0.15) is 6.61 Å². The lowest BCUT2D eigenvalue weighted by molar-refractivity contribution is 0.143. The van der Waals surface area contributed by atoms with Crippen molar-refractivity contribution < 1.29 is 4.74 Å². The van der Waals surface area contributed by atoms with E-state index in [-0.39, 0.29) is 0 Å². The largest absolute Gasteiger partial charge is 0.369 e. The van der Waals surface area contributed by atoms with Crippen LogP contribution in [0.4, 0.5) is 0 Å². The molecule has 3 heteroatoms. The second kappa shape index (κ2) is 6.64. The Morgan fingerprint density at radius 1 is 1.31 bits per heavy atom. The van der Waals surface area contributed by atoms with Crippen LogP contribution in [0.2, 0.25) is 18.1 Å². The van der Waals surface area contributed by atoms with E-state index in [9.17, 15) is 0 Å². The van der Waals surface area contributed by atoms with Gasteiger partial charge in [-0.15, -0.1) is 0 Å². The fourth-order valence-electron chi connectivity index (χ4n) is 0.630. The molecule has 0 saturated carbocycles. The van der Waals surface area contributed by atoms with Gasteiger partial charge in [-0.25, -0.2) is 0 Å². The van der Waals surface area contributed by atoms with Crippen molar-refractivity contribution in [1.29, 1.82) is 0 Å². The monoisotopic (exact) mass is 262 g/mol. The predicted octanol–water partition coefficient (Wildman–Crippen LogP) is 2.67. The molecule has 0 aromatic rings. The molecule has 0 aliphatic rings. The summed E-state index contributed by atoms with van der Waals surface area (Å²) >= 11 is 3.24. The van der Waals surface area contributed by atoms with Crippen molar-refractivity contribution in [3.05, 3.63) is 0 Å². The van der Waals surface area contributed by atoms with Crippen LogP contribution >= 0.6 is 15.9 Å². The van der Waals surface area contributed by atoms with Crippen molar-refractivity contribution in [3.63, 3.8) is 0 Å². The van der Waals surface area contributed by atoms with Crippen molar-refractivity contribution in [3.8, 4) is 11.8 Å². The Balaban J connectivity index is 3.64. The fourth-order valence-corrected chi connectivity index (χ4v) is 1.28. The van der Waals surface area contributed by atoms with Crippen LogP contribution in [0.25, 0.3) is 0 Å².